The van der Waals surface area contributed by atoms with Crippen molar-refractivity contribution < 1.29 is 28.7 Å². The number of ether oxygens (including phenoxy) is 2. The summed E-state index contributed by atoms with van der Waals surface area (Å²) in [6.45, 7) is 1.69. The molecule has 0 aliphatic carbocycles. The Morgan fingerprint density at radius 3 is 2.31 bits per heavy atom. The summed E-state index contributed by atoms with van der Waals surface area (Å²) in [5.41, 5.74) is 0.108. The number of rotatable bonds is 5. The fourth-order valence-electron chi connectivity index (χ4n) is 1.44. The Morgan fingerprint density at radius 1 is 1.08 bits per heavy atom. The average molecular weight is 401 g/mol. The van der Waals surface area contributed by atoms with Crippen LogP contribution >= 0.6 is 23.9 Å². The van der Waals surface area contributed by atoms with Gasteiger partial charge >= 0.3 is 18.2 Å². The van der Waals surface area contributed by atoms with Gasteiger partial charge in [-0.25, -0.2) is 23.0 Å². The van der Waals surface area contributed by atoms with Crippen LogP contribution in [0.25, 0.3) is 0 Å². The van der Waals surface area contributed by atoms with E-state index in [2.05, 4.69) is 9.89 Å². The number of hydrogen-bond donors (Lipinski definition) is 0. The second kappa shape index (κ2) is 10.6. The van der Waals surface area contributed by atoms with Crippen molar-refractivity contribution >= 4 is 47.1 Å². The number of nitrogens with zero attached hydrogens (tertiary/aromatic N) is 3. The van der Waals surface area contributed by atoms with Crippen molar-refractivity contribution in [2.45, 2.75) is 6.92 Å². The van der Waals surface area contributed by atoms with Gasteiger partial charge in [0.15, 0.2) is 0 Å². The van der Waals surface area contributed by atoms with Gasteiger partial charge in [-0.1, -0.05) is 17.3 Å². The molecule has 0 unspecified atom stereocenters. The molecule has 0 aliphatic rings. The van der Waals surface area contributed by atoms with Crippen LogP contribution in [-0.2, 0) is 9.57 Å². The first-order valence-corrected chi connectivity index (χ1v) is 9.09. The van der Waals surface area contributed by atoms with Gasteiger partial charge in [0, 0.05) is 14.1 Å². The third-order valence-electron chi connectivity index (χ3n) is 2.80. The average Bonchev–Trinajstić information content (AvgIpc) is 2.65. The van der Waals surface area contributed by atoms with Gasteiger partial charge in [-0.15, -0.1) is 11.8 Å². The Hall–Kier alpha value is -2.40. The third kappa shape index (κ3) is 6.48. The summed E-state index contributed by atoms with van der Waals surface area (Å²) < 4.78 is 11.9. The molecule has 0 radical (unpaired) electrons. The van der Waals surface area contributed by atoms with E-state index in [0.717, 1.165) is 20.7 Å². The molecule has 0 N–H and O–H groups in total. The van der Waals surface area contributed by atoms with Crippen LogP contribution in [0.3, 0.4) is 0 Å². The highest BCUT2D eigenvalue weighted by molar-refractivity contribution is 8.13. The molecule has 1 rings (SSSR count). The molecular weight excluding hydrogens is 382 g/mol. The second-order valence-corrected chi connectivity index (χ2v) is 6.86. The minimum Gasteiger partial charge on any atom is -0.465 e. The zero-order valence-corrected chi connectivity index (χ0v) is 16.6. The normalized spacial score (nSPS) is 10.7. The number of hydrogen-bond acceptors (Lipinski definition) is 9. The lowest BCUT2D eigenvalue weighted by Gasteiger charge is -2.20. The molecule has 1 aromatic rings. The summed E-state index contributed by atoms with van der Waals surface area (Å²) in [5.74, 6) is -0.589. The van der Waals surface area contributed by atoms with Gasteiger partial charge in [0.25, 0.3) is 0 Å². The number of carbonyl (C=O) groups is 3. The van der Waals surface area contributed by atoms with E-state index < -0.39 is 18.2 Å². The minimum atomic E-state index is -0.796. The number of thioether (sulfide) groups is 1. The number of methoxy groups -OCH3 is 1. The maximum Gasteiger partial charge on any atom is 0.447 e. The molecule has 0 saturated heterocycles. The van der Waals surface area contributed by atoms with E-state index in [1.165, 1.54) is 45.1 Å². The van der Waals surface area contributed by atoms with Crippen molar-refractivity contribution in [3.63, 3.8) is 0 Å². The molecule has 0 aliphatic heterocycles. The molecule has 0 spiro atoms. The topological polar surface area (TPSA) is 97.7 Å². The van der Waals surface area contributed by atoms with Crippen molar-refractivity contribution in [3.05, 3.63) is 29.8 Å². The van der Waals surface area contributed by atoms with Crippen molar-refractivity contribution in [2.75, 3.05) is 27.5 Å². The van der Waals surface area contributed by atoms with E-state index in [-0.39, 0.29) is 11.3 Å². The highest BCUT2D eigenvalue weighted by Gasteiger charge is 2.22. The summed E-state index contributed by atoms with van der Waals surface area (Å²) in [7, 11) is 4.03. The van der Waals surface area contributed by atoms with Gasteiger partial charge < -0.3 is 9.47 Å². The van der Waals surface area contributed by atoms with Crippen molar-refractivity contribution in [1.82, 2.24) is 8.61 Å². The third-order valence-corrected chi connectivity index (χ3v) is 4.25. The first-order valence-electron chi connectivity index (χ1n) is 7.14. The molecule has 0 bridgehead atoms. The second-order valence-electron chi connectivity index (χ2n) is 4.60. The molecule has 0 aromatic heterocycles. The predicted molar refractivity (Wildman–Crippen MR) is 100 cm³/mol. The number of benzene rings is 1. The molecule has 26 heavy (non-hydrogen) atoms. The Bertz CT molecular complexity index is 698. The molecule has 0 atom stereocenters. The molecule has 142 valence electrons. The van der Waals surface area contributed by atoms with E-state index in [1.807, 2.05) is 0 Å². The molecule has 0 saturated carbocycles. The van der Waals surface area contributed by atoms with Gasteiger partial charge in [0.1, 0.15) is 16.4 Å². The zero-order chi connectivity index (χ0) is 19.7. The SMILES string of the molecule is COC(=O)c1ccccc1OC(=O)N(C)SN(C)C(=O)ON=C(C)SC. The van der Waals surface area contributed by atoms with E-state index in [4.69, 9.17) is 9.57 Å². The monoisotopic (exact) mass is 401 g/mol. The van der Waals surface area contributed by atoms with Crippen molar-refractivity contribution in [3.8, 4) is 5.75 Å². The summed E-state index contributed by atoms with van der Waals surface area (Å²) in [6, 6.07) is 6.15. The molecule has 2 amide bonds. The first kappa shape index (κ1) is 21.6. The summed E-state index contributed by atoms with van der Waals surface area (Å²) in [4.78, 5) is 40.4. The summed E-state index contributed by atoms with van der Waals surface area (Å²) in [5, 5.41) is 4.19. The summed E-state index contributed by atoms with van der Waals surface area (Å²) >= 11 is 2.07. The lowest BCUT2D eigenvalue weighted by Crippen LogP contribution is -2.31. The van der Waals surface area contributed by atoms with Crippen molar-refractivity contribution in [2.24, 2.45) is 5.16 Å². The van der Waals surface area contributed by atoms with Crippen LogP contribution in [0.1, 0.15) is 17.3 Å². The highest BCUT2D eigenvalue weighted by atomic mass is 32.2. The van der Waals surface area contributed by atoms with E-state index in [1.54, 1.807) is 25.3 Å². The van der Waals surface area contributed by atoms with Crippen LogP contribution in [0.5, 0.6) is 5.75 Å². The van der Waals surface area contributed by atoms with Crippen LogP contribution in [0, 0.1) is 0 Å². The fraction of sp³-hybridized carbons (Fsp3) is 0.333. The van der Waals surface area contributed by atoms with E-state index in [0.29, 0.717) is 5.04 Å². The highest BCUT2D eigenvalue weighted by Crippen LogP contribution is 2.22. The van der Waals surface area contributed by atoms with Gasteiger partial charge in [-0.3, -0.25) is 4.84 Å². The number of para-hydroxylation sites is 1. The fourth-order valence-corrected chi connectivity index (χ4v) is 2.12. The Morgan fingerprint density at radius 2 is 1.69 bits per heavy atom. The largest absolute Gasteiger partial charge is 0.465 e. The smallest absolute Gasteiger partial charge is 0.447 e. The molecule has 0 fully saturated rings. The molecule has 11 heteroatoms. The molecule has 1 aromatic carbocycles. The van der Waals surface area contributed by atoms with Crippen LogP contribution in [-0.4, -0.2) is 59.3 Å². The lowest BCUT2D eigenvalue weighted by atomic mass is 10.2. The Labute approximate surface area is 159 Å². The number of amides is 2. The molecule has 9 nitrogen and oxygen atoms in total. The van der Waals surface area contributed by atoms with Gasteiger partial charge in [0.2, 0.25) is 0 Å². The van der Waals surface area contributed by atoms with Crippen LogP contribution < -0.4 is 4.74 Å². The quantitative estimate of drug-likeness (QED) is 0.185. The van der Waals surface area contributed by atoms with Gasteiger partial charge in [-0.2, -0.15) is 0 Å². The van der Waals surface area contributed by atoms with Crippen molar-refractivity contribution in [1.29, 1.82) is 0 Å². The number of oxime groups is 1. The maximum absolute atomic E-state index is 12.2. The summed E-state index contributed by atoms with van der Waals surface area (Å²) in [6.07, 6.45) is 0.231. The van der Waals surface area contributed by atoms with Gasteiger partial charge in [-0.05, 0) is 25.3 Å². The first-order chi connectivity index (χ1) is 12.3. The van der Waals surface area contributed by atoms with Crippen LogP contribution in [0.2, 0.25) is 0 Å². The minimum absolute atomic E-state index is 0.0437. The van der Waals surface area contributed by atoms with Crippen LogP contribution in [0.15, 0.2) is 29.4 Å². The van der Waals surface area contributed by atoms with Crippen LogP contribution in [0.4, 0.5) is 9.59 Å². The van der Waals surface area contributed by atoms with Gasteiger partial charge in [0.05, 0.1) is 19.2 Å². The lowest BCUT2D eigenvalue weighted by molar-refractivity contribution is 0.0597. The number of carbonyl (C=O) groups excluding carboxylic acids is 3. The Kier molecular flexibility index (Phi) is 8.79. The van der Waals surface area contributed by atoms with E-state index >= 15 is 0 Å². The van der Waals surface area contributed by atoms with E-state index in [9.17, 15) is 14.4 Å². The maximum atomic E-state index is 12.2. The molecule has 0 heterocycles. The Balaban J connectivity index is 2.68. The molecular formula is C15H19N3O6S2. The standard InChI is InChI=1S/C15H19N3O6S2/c1-10(25-5)16-24-15(21)18(3)26-17(2)14(20)23-12-9-7-6-8-11(12)13(19)22-4/h6-9H,1-5H3. The zero-order valence-electron chi connectivity index (χ0n) is 14.9. The number of esters is 1. The predicted octanol–water partition coefficient (Wildman–Crippen LogP) is 3.23.